The van der Waals surface area contributed by atoms with Crippen LogP contribution < -0.4 is 5.32 Å². The minimum absolute atomic E-state index is 0.281. The van der Waals surface area contributed by atoms with Gasteiger partial charge in [-0.15, -0.1) is 0 Å². The molecule has 1 aliphatic rings. The fraction of sp³-hybridized carbons (Fsp3) is 1.00. The standard InChI is InChI=1S/C8H17NO/c1-9-8(6-10)5-4-7-2-3-7/h7-10H,2-6H2,1H3. The van der Waals surface area contributed by atoms with Crippen LogP contribution in [0.15, 0.2) is 0 Å². The van der Waals surface area contributed by atoms with Gasteiger partial charge in [-0.3, -0.25) is 0 Å². The maximum absolute atomic E-state index is 8.80. The quantitative estimate of drug-likeness (QED) is 0.595. The van der Waals surface area contributed by atoms with E-state index in [-0.39, 0.29) is 6.61 Å². The van der Waals surface area contributed by atoms with Gasteiger partial charge in [-0.2, -0.15) is 0 Å². The lowest BCUT2D eigenvalue weighted by Gasteiger charge is -2.11. The van der Waals surface area contributed by atoms with Crippen molar-refractivity contribution in [2.45, 2.75) is 31.7 Å². The van der Waals surface area contributed by atoms with Gasteiger partial charge in [0.2, 0.25) is 0 Å². The van der Waals surface area contributed by atoms with Crippen molar-refractivity contribution in [2.75, 3.05) is 13.7 Å². The van der Waals surface area contributed by atoms with Crippen molar-refractivity contribution in [1.82, 2.24) is 5.32 Å². The third-order valence-electron chi connectivity index (χ3n) is 2.25. The molecule has 0 aromatic carbocycles. The summed E-state index contributed by atoms with van der Waals surface area (Å²) in [7, 11) is 1.91. The van der Waals surface area contributed by atoms with E-state index in [1.807, 2.05) is 7.05 Å². The van der Waals surface area contributed by atoms with E-state index in [4.69, 9.17) is 5.11 Å². The molecule has 1 unspecified atom stereocenters. The monoisotopic (exact) mass is 143 g/mol. The van der Waals surface area contributed by atoms with Crippen LogP contribution in [0.4, 0.5) is 0 Å². The highest BCUT2D eigenvalue weighted by Crippen LogP contribution is 2.33. The van der Waals surface area contributed by atoms with Crippen LogP contribution in [-0.4, -0.2) is 24.8 Å². The highest BCUT2D eigenvalue weighted by atomic mass is 16.3. The molecule has 0 spiro atoms. The van der Waals surface area contributed by atoms with Gasteiger partial charge in [0.25, 0.3) is 0 Å². The first-order valence-corrected chi connectivity index (χ1v) is 4.15. The van der Waals surface area contributed by atoms with E-state index in [0.29, 0.717) is 6.04 Å². The Morgan fingerprint density at radius 2 is 2.30 bits per heavy atom. The number of nitrogens with one attached hydrogen (secondary N) is 1. The maximum Gasteiger partial charge on any atom is 0.0584 e. The Morgan fingerprint density at radius 1 is 1.60 bits per heavy atom. The topological polar surface area (TPSA) is 32.3 Å². The molecule has 1 atom stereocenters. The molecule has 60 valence electrons. The summed E-state index contributed by atoms with van der Waals surface area (Å²) in [6, 6.07) is 0.334. The Bertz CT molecular complexity index is 87.3. The smallest absolute Gasteiger partial charge is 0.0584 e. The van der Waals surface area contributed by atoms with Gasteiger partial charge < -0.3 is 10.4 Å². The third kappa shape index (κ3) is 2.67. The second-order valence-electron chi connectivity index (χ2n) is 3.19. The van der Waals surface area contributed by atoms with Crippen molar-refractivity contribution in [2.24, 2.45) is 5.92 Å². The van der Waals surface area contributed by atoms with Crippen molar-refractivity contribution in [3.63, 3.8) is 0 Å². The normalized spacial score (nSPS) is 21.0. The molecule has 0 heterocycles. The average molecular weight is 143 g/mol. The van der Waals surface area contributed by atoms with Gasteiger partial charge in [0.05, 0.1) is 6.61 Å². The van der Waals surface area contributed by atoms with Crippen molar-refractivity contribution in [1.29, 1.82) is 0 Å². The predicted octanol–water partition coefficient (Wildman–Crippen LogP) is 0.757. The lowest BCUT2D eigenvalue weighted by Crippen LogP contribution is -2.28. The van der Waals surface area contributed by atoms with Crippen LogP contribution in [0.1, 0.15) is 25.7 Å². The first-order valence-electron chi connectivity index (χ1n) is 4.15. The van der Waals surface area contributed by atoms with Gasteiger partial charge >= 0.3 is 0 Å². The van der Waals surface area contributed by atoms with Crippen molar-refractivity contribution in [3.05, 3.63) is 0 Å². The van der Waals surface area contributed by atoms with E-state index < -0.39 is 0 Å². The fourth-order valence-electron chi connectivity index (χ4n) is 1.17. The van der Waals surface area contributed by atoms with Crippen molar-refractivity contribution in [3.8, 4) is 0 Å². The molecular weight excluding hydrogens is 126 g/mol. The Morgan fingerprint density at radius 3 is 2.70 bits per heavy atom. The second-order valence-corrected chi connectivity index (χ2v) is 3.19. The van der Waals surface area contributed by atoms with Gasteiger partial charge in [-0.05, 0) is 25.8 Å². The number of likely N-dealkylation sites (N-methyl/N-ethyl adjacent to an activating group) is 1. The highest BCUT2D eigenvalue weighted by Gasteiger charge is 2.21. The Balaban J connectivity index is 1.97. The number of aliphatic hydroxyl groups is 1. The summed E-state index contributed by atoms with van der Waals surface area (Å²) in [6.07, 6.45) is 5.27. The zero-order valence-corrected chi connectivity index (χ0v) is 6.64. The zero-order chi connectivity index (χ0) is 7.40. The van der Waals surface area contributed by atoms with Crippen molar-refractivity contribution < 1.29 is 5.11 Å². The van der Waals surface area contributed by atoms with Gasteiger partial charge in [0, 0.05) is 6.04 Å². The summed E-state index contributed by atoms with van der Waals surface area (Å²) in [5.41, 5.74) is 0. The summed E-state index contributed by atoms with van der Waals surface area (Å²) in [5.74, 6) is 0.988. The summed E-state index contributed by atoms with van der Waals surface area (Å²) in [5, 5.41) is 11.9. The maximum atomic E-state index is 8.80. The first kappa shape index (κ1) is 8.02. The van der Waals surface area contributed by atoms with E-state index in [2.05, 4.69) is 5.32 Å². The number of aliphatic hydroxyl groups excluding tert-OH is 1. The molecule has 0 amide bonds. The van der Waals surface area contributed by atoms with E-state index in [9.17, 15) is 0 Å². The molecule has 1 aliphatic carbocycles. The number of hydrogen-bond acceptors (Lipinski definition) is 2. The highest BCUT2D eigenvalue weighted by molar-refractivity contribution is 4.75. The lowest BCUT2D eigenvalue weighted by molar-refractivity contribution is 0.239. The van der Waals surface area contributed by atoms with E-state index in [0.717, 1.165) is 12.3 Å². The van der Waals surface area contributed by atoms with Crippen LogP contribution in [0.5, 0.6) is 0 Å². The molecule has 0 radical (unpaired) electrons. The SMILES string of the molecule is CNC(CO)CCC1CC1. The predicted molar refractivity (Wildman–Crippen MR) is 41.9 cm³/mol. The first-order chi connectivity index (χ1) is 4.86. The lowest BCUT2D eigenvalue weighted by atomic mass is 10.1. The van der Waals surface area contributed by atoms with Crippen LogP contribution in [0.2, 0.25) is 0 Å². The molecule has 2 N–H and O–H groups in total. The minimum atomic E-state index is 0.281. The van der Waals surface area contributed by atoms with Gasteiger partial charge in [-0.25, -0.2) is 0 Å². The largest absolute Gasteiger partial charge is 0.395 e. The summed E-state index contributed by atoms with van der Waals surface area (Å²) in [4.78, 5) is 0. The van der Waals surface area contributed by atoms with Gasteiger partial charge in [0.15, 0.2) is 0 Å². The molecule has 2 heteroatoms. The third-order valence-corrected chi connectivity index (χ3v) is 2.25. The fourth-order valence-corrected chi connectivity index (χ4v) is 1.17. The van der Waals surface area contributed by atoms with E-state index in [1.165, 1.54) is 19.3 Å². The van der Waals surface area contributed by atoms with Crippen LogP contribution >= 0.6 is 0 Å². The molecule has 0 aromatic rings. The molecule has 1 saturated carbocycles. The molecule has 10 heavy (non-hydrogen) atoms. The molecule has 0 saturated heterocycles. The minimum Gasteiger partial charge on any atom is -0.395 e. The van der Waals surface area contributed by atoms with Gasteiger partial charge in [0.1, 0.15) is 0 Å². The summed E-state index contributed by atoms with van der Waals surface area (Å²) < 4.78 is 0. The van der Waals surface area contributed by atoms with Crippen LogP contribution in [0, 0.1) is 5.92 Å². The summed E-state index contributed by atoms with van der Waals surface area (Å²) >= 11 is 0. The molecule has 0 aliphatic heterocycles. The van der Waals surface area contributed by atoms with E-state index >= 15 is 0 Å². The van der Waals surface area contributed by atoms with Crippen molar-refractivity contribution >= 4 is 0 Å². The average Bonchev–Trinajstić information content (AvgIpc) is 2.74. The van der Waals surface area contributed by atoms with Crippen LogP contribution in [0.25, 0.3) is 0 Å². The van der Waals surface area contributed by atoms with E-state index in [1.54, 1.807) is 0 Å². The molecule has 0 aromatic heterocycles. The number of hydrogen-bond donors (Lipinski definition) is 2. The van der Waals surface area contributed by atoms with Crippen LogP contribution in [0.3, 0.4) is 0 Å². The molecular formula is C8H17NO. The molecule has 1 rings (SSSR count). The Labute approximate surface area is 62.6 Å². The summed E-state index contributed by atoms with van der Waals surface area (Å²) in [6.45, 7) is 0.281. The zero-order valence-electron chi connectivity index (χ0n) is 6.64. The molecule has 2 nitrogen and oxygen atoms in total. The molecule has 0 bridgehead atoms. The van der Waals surface area contributed by atoms with Crippen LogP contribution in [-0.2, 0) is 0 Å². The molecule has 1 fully saturated rings. The number of rotatable bonds is 5. The van der Waals surface area contributed by atoms with Gasteiger partial charge in [-0.1, -0.05) is 12.8 Å². The Hall–Kier alpha value is -0.0800. The Kier molecular flexibility index (Phi) is 3.16. The second kappa shape index (κ2) is 3.94.